The molecular weight excluding hydrogens is 380 g/mol. The number of aromatic nitrogens is 2. The van der Waals surface area contributed by atoms with Crippen LogP contribution >= 0.6 is 0 Å². The Morgan fingerprint density at radius 1 is 1.14 bits per heavy atom. The molecule has 0 bridgehead atoms. The van der Waals surface area contributed by atoms with Gasteiger partial charge in [-0.25, -0.2) is 23.1 Å². The van der Waals surface area contributed by atoms with Crippen molar-refractivity contribution in [1.29, 1.82) is 0 Å². The van der Waals surface area contributed by atoms with Crippen molar-refractivity contribution in [2.24, 2.45) is 4.99 Å². The maximum atomic E-state index is 12.4. The second-order valence-corrected chi connectivity index (χ2v) is 7.49. The number of aliphatic imine (C=N–C) groups is 1. The van der Waals surface area contributed by atoms with Crippen molar-refractivity contribution in [3.8, 4) is 11.5 Å². The number of nitrogens with one attached hydrogen (secondary N) is 1. The number of ether oxygens (including phenoxy) is 1. The second kappa shape index (κ2) is 8.05. The lowest BCUT2D eigenvalue weighted by atomic mass is 10.2. The van der Waals surface area contributed by atoms with Crippen molar-refractivity contribution < 1.29 is 18.3 Å². The summed E-state index contributed by atoms with van der Waals surface area (Å²) < 4.78 is 32.3. The van der Waals surface area contributed by atoms with Gasteiger partial charge in [-0.05, 0) is 55.5 Å². The summed E-state index contributed by atoms with van der Waals surface area (Å²) in [5.74, 6) is 0.659. The summed E-state index contributed by atoms with van der Waals surface area (Å²) in [6, 6.07) is 12.4. The van der Waals surface area contributed by atoms with E-state index in [1.807, 2.05) is 0 Å². The van der Waals surface area contributed by atoms with Crippen molar-refractivity contribution in [2.75, 3.05) is 11.8 Å². The molecule has 0 atom stereocenters. The van der Waals surface area contributed by atoms with Crippen LogP contribution in [0.4, 0.5) is 11.6 Å². The van der Waals surface area contributed by atoms with Crippen LogP contribution in [-0.2, 0) is 10.0 Å². The van der Waals surface area contributed by atoms with Gasteiger partial charge in [0.05, 0.1) is 17.7 Å². The van der Waals surface area contributed by atoms with Gasteiger partial charge in [0.1, 0.15) is 11.5 Å². The van der Waals surface area contributed by atoms with Gasteiger partial charge >= 0.3 is 0 Å². The average molecular weight is 398 g/mol. The summed E-state index contributed by atoms with van der Waals surface area (Å²) >= 11 is 0. The smallest absolute Gasteiger partial charge is 0.264 e. The Hall–Kier alpha value is -3.46. The molecule has 0 saturated heterocycles. The highest BCUT2D eigenvalue weighted by Crippen LogP contribution is 2.23. The highest BCUT2D eigenvalue weighted by molar-refractivity contribution is 7.92. The average Bonchev–Trinajstić information content (AvgIpc) is 2.67. The number of rotatable bonds is 6. The third kappa shape index (κ3) is 4.63. The number of sulfonamides is 1. The van der Waals surface area contributed by atoms with Crippen LogP contribution in [0.1, 0.15) is 11.3 Å². The van der Waals surface area contributed by atoms with Crippen molar-refractivity contribution in [2.45, 2.75) is 11.8 Å². The van der Waals surface area contributed by atoms with Gasteiger partial charge in [-0.2, -0.15) is 0 Å². The molecule has 0 saturated carbocycles. The monoisotopic (exact) mass is 398 g/mol. The molecule has 0 aliphatic heterocycles. The van der Waals surface area contributed by atoms with Crippen LogP contribution in [0.25, 0.3) is 0 Å². The van der Waals surface area contributed by atoms with Gasteiger partial charge in [-0.3, -0.25) is 4.99 Å². The molecule has 0 spiro atoms. The Morgan fingerprint density at radius 3 is 2.57 bits per heavy atom. The van der Waals surface area contributed by atoms with Crippen LogP contribution in [0.15, 0.2) is 64.6 Å². The summed E-state index contributed by atoms with van der Waals surface area (Å²) in [6.45, 7) is 1.74. The number of hydrogen-bond acceptors (Lipinski definition) is 7. The lowest BCUT2D eigenvalue weighted by Gasteiger charge is -2.07. The molecule has 1 aromatic heterocycles. The predicted molar refractivity (Wildman–Crippen MR) is 106 cm³/mol. The molecule has 0 amide bonds. The third-order valence-corrected chi connectivity index (χ3v) is 5.10. The van der Waals surface area contributed by atoms with Crippen LogP contribution in [-0.4, -0.2) is 36.8 Å². The van der Waals surface area contributed by atoms with Crippen LogP contribution in [0, 0.1) is 6.92 Å². The highest BCUT2D eigenvalue weighted by atomic mass is 32.2. The summed E-state index contributed by atoms with van der Waals surface area (Å²) in [7, 11) is -2.28. The number of aromatic hydroxyl groups is 1. The quantitative estimate of drug-likeness (QED) is 0.617. The molecule has 2 N–H and O–H groups in total. The molecule has 1 heterocycles. The number of hydrogen-bond donors (Lipinski definition) is 2. The van der Waals surface area contributed by atoms with Crippen LogP contribution < -0.4 is 9.46 Å². The minimum absolute atomic E-state index is 0.00981. The van der Waals surface area contributed by atoms with Crippen molar-refractivity contribution in [1.82, 2.24) is 9.97 Å². The van der Waals surface area contributed by atoms with Gasteiger partial charge in [0.25, 0.3) is 10.0 Å². The first kappa shape index (κ1) is 19.3. The second-order valence-electron chi connectivity index (χ2n) is 5.80. The van der Waals surface area contributed by atoms with E-state index in [1.165, 1.54) is 37.7 Å². The molecule has 3 aromatic rings. The molecule has 0 radical (unpaired) electrons. The molecule has 144 valence electrons. The summed E-state index contributed by atoms with van der Waals surface area (Å²) in [4.78, 5) is 12.2. The van der Waals surface area contributed by atoms with Gasteiger partial charge in [-0.15, -0.1) is 0 Å². The molecule has 28 heavy (non-hydrogen) atoms. The Kier molecular flexibility index (Phi) is 5.55. The minimum Gasteiger partial charge on any atom is -0.507 e. The lowest BCUT2D eigenvalue weighted by molar-refractivity contribution is 0.412. The number of methoxy groups -OCH3 is 1. The zero-order valence-corrected chi connectivity index (χ0v) is 16.0. The van der Waals surface area contributed by atoms with Crippen LogP contribution in [0.5, 0.6) is 11.5 Å². The number of phenolic OH excluding ortho intramolecular Hbond substituents is 1. The van der Waals surface area contributed by atoms with Crippen LogP contribution in [0.3, 0.4) is 0 Å². The SMILES string of the molecule is COc1ccc(O)c(C=Nc2ccc(S(=O)(=O)Nc3nccc(C)n3)cc2)c1. The zero-order valence-electron chi connectivity index (χ0n) is 15.2. The molecule has 9 heteroatoms. The molecule has 0 unspecified atom stereocenters. The number of anilines is 1. The topological polar surface area (TPSA) is 114 Å². The molecule has 2 aromatic carbocycles. The maximum absolute atomic E-state index is 12.4. The van der Waals surface area contributed by atoms with E-state index in [1.54, 1.807) is 37.3 Å². The van der Waals surface area contributed by atoms with Crippen molar-refractivity contribution in [3.05, 3.63) is 66.0 Å². The lowest BCUT2D eigenvalue weighted by Crippen LogP contribution is -2.15. The Bertz CT molecular complexity index is 1110. The van der Waals surface area contributed by atoms with Crippen molar-refractivity contribution >= 4 is 27.9 Å². The Labute approximate surface area is 162 Å². The summed E-state index contributed by atoms with van der Waals surface area (Å²) in [6.07, 6.45) is 2.95. The molecule has 0 aliphatic rings. The fraction of sp³-hybridized carbons (Fsp3) is 0.105. The summed E-state index contributed by atoms with van der Waals surface area (Å²) in [5, 5.41) is 9.87. The van der Waals surface area contributed by atoms with E-state index in [0.717, 1.165) is 0 Å². The molecule has 3 rings (SSSR count). The normalized spacial score (nSPS) is 11.5. The fourth-order valence-corrected chi connectivity index (χ4v) is 3.25. The van der Waals surface area contributed by atoms with E-state index >= 15 is 0 Å². The van der Waals surface area contributed by atoms with E-state index in [-0.39, 0.29) is 16.6 Å². The summed E-state index contributed by atoms with van der Waals surface area (Å²) in [5.41, 5.74) is 1.65. The van der Waals surface area contributed by atoms with Gasteiger partial charge in [0.15, 0.2) is 0 Å². The molecule has 0 fully saturated rings. The standard InChI is InChI=1S/C19H18N4O4S/c1-13-9-10-20-19(22-13)23-28(25,26)17-6-3-15(4-7-17)21-12-14-11-16(27-2)5-8-18(14)24/h3-12,24H,1-2H3,(H,20,22,23). The molecular formula is C19H18N4O4S. The van der Waals surface area contributed by atoms with Gasteiger partial charge in [0.2, 0.25) is 5.95 Å². The Balaban J connectivity index is 1.77. The first-order valence-electron chi connectivity index (χ1n) is 8.21. The van der Waals surface area contributed by atoms with Crippen molar-refractivity contribution in [3.63, 3.8) is 0 Å². The number of nitrogens with zero attached hydrogens (tertiary/aromatic N) is 3. The van der Waals surface area contributed by atoms with E-state index < -0.39 is 10.0 Å². The highest BCUT2D eigenvalue weighted by Gasteiger charge is 2.15. The Morgan fingerprint density at radius 2 is 1.89 bits per heavy atom. The molecule has 8 nitrogen and oxygen atoms in total. The first-order chi connectivity index (χ1) is 13.4. The van der Waals surface area contributed by atoms with E-state index in [2.05, 4.69) is 19.7 Å². The fourth-order valence-electron chi connectivity index (χ4n) is 2.30. The largest absolute Gasteiger partial charge is 0.507 e. The van der Waals surface area contributed by atoms with E-state index in [0.29, 0.717) is 22.7 Å². The predicted octanol–water partition coefficient (Wildman–Crippen LogP) is 3.05. The van der Waals surface area contributed by atoms with Gasteiger partial charge in [0, 0.05) is 23.7 Å². The number of benzene rings is 2. The van der Waals surface area contributed by atoms with Gasteiger partial charge < -0.3 is 9.84 Å². The van der Waals surface area contributed by atoms with Crippen LogP contribution in [0.2, 0.25) is 0 Å². The van der Waals surface area contributed by atoms with E-state index in [4.69, 9.17) is 4.74 Å². The number of phenols is 1. The zero-order chi connectivity index (χ0) is 20.1. The van der Waals surface area contributed by atoms with E-state index in [9.17, 15) is 13.5 Å². The third-order valence-electron chi connectivity index (χ3n) is 3.75. The van der Waals surface area contributed by atoms with Gasteiger partial charge in [-0.1, -0.05) is 0 Å². The number of aryl methyl sites for hydroxylation is 1. The first-order valence-corrected chi connectivity index (χ1v) is 9.69. The minimum atomic E-state index is -3.81. The maximum Gasteiger partial charge on any atom is 0.264 e. The molecule has 0 aliphatic carbocycles.